The Balaban J connectivity index is 1.41. The number of carbonyl (C=O) groups is 1. The minimum absolute atomic E-state index is 0.114. The normalized spacial score (nSPS) is 15.3. The van der Waals surface area contributed by atoms with Crippen LogP contribution in [0.15, 0.2) is 54.9 Å². The Hall–Kier alpha value is -2.99. The van der Waals surface area contributed by atoms with E-state index in [9.17, 15) is 4.79 Å². The van der Waals surface area contributed by atoms with Crippen LogP contribution in [0.3, 0.4) is 0 Å². The summed E-state index contributed by atoms with van der Waals surface area (Å²) in [6.07, 6.45) is 2.74. The Morgan fingerprint density at radius 2 is 1.65 bits per heavy atom. The zero-order chi connectivity index (χ0) is 17.9. The molecule has 2 heterocycles. The molecular formula is C20H20N4O2. The first-order valence-corrected chi connectivity index (χ1v) is 8.70. The zero-order valence-electron chi connectivity index (χ0n) is 14.4. The number of nitrogens with zero attached hydrogens (tertiary/aromatic N) is 4. The van der Waals surface area contributed by atoms with Gasteiger partial charge in [0.1, 0.15) is 0 Å². The Kier molecular flexibility index (Phi) is 4.50. The first-order chi connectivity index (χ1) is 12.7. The Bertz CT molecular complexity index is 913. The Morgan fingerprint density at radius 1 is 0.962 bits per heavy atom. The van der Waals surface area contributed by atoms with Crippen LogP contribution in [0.25, 0.3) is 10.8 Å². The van der Waals surface area contributed by atoms with E-state index in [2.05, 4.69) is 62.2 Å². The zero-order valence-corrected chi connectivity index (χ0v) is 14.4. The molecular weight excluding hydrogens is 328 g/mol. The van der Waals surface area contributed by atoms with Gasteiger partial charge in [0, 0.05) is 45.1 Å². The first-order valence-electron chi connectivity index (χ1n) is 8.70. The van der Waals surface area contributed by atoms with E-state index in [1.165, 1.54) is 28.7 Å². The molecule has 1 aliphatic heterocycles. The number of hydrogen-bond acceptors (Lipinski definition) is 5. The number of fused-ring (bicyclic) bond motifs is 1. The summed E-state index contributed by atoms with van der Waals surface area (Å²) in [6, 6.07) is 14.9. The lowest BCUT2D eigenvalue weighted by molar-refractivity contribution is 0.0696. The fourth-order valence-electron chi connectivity index (χ4n) is 3.37. The van der Waals surface area contributed by atoms with Gasteiger partial charge in [0.15, 0.2) is 0 Å². The standard InChI is InChI=1S/C20H20N4O2/c25-19(26)17-12-21-20(22-13-17)24-10-8-23(9-11-24)14-16-6-3-5-15-4-1-2-7-18(15)16/h1-7,12-13H,8-11,14H2,(H,25,26). The lowest BCUT2D eigenvalue weighted by Crippen LogP contribution is -2.46. The number of aromatic carboxylic acids is 1. The molecule has 6 heteroatoms. The van der Waals surface area contributed by atoms with E-state index in [1.54, 1.807) is 0 Å². The Morgan fingerprint density at radius 3 is 2.38 bits per heavy atom. The molecule has 4 rings (SSSR count). The van der Waals surface area contributed by atoms with Gasteiger partial charge in [-0.05, 0) is 16.3 Å². The van der Waals surface area contributed by atoms with Crippen LogP contribution in [0.5, 0.6) is 0 Å². The van der Waals surface area contributed by atoms with Crippen molar-refractivity contribution in [2.75, 3.05) is 31.1 Å². The highest BCUT2D eigenvalue weighted by atomic mass is 16.4. The molecule has 0 saturated carbocycles. The number of rotatable bonds is 4. The van der Waals surface area contributed by atoms with E-state index >= 15 is 0 Å². The quantitative estimate of drug-likeness (QED) is 0.782. The molecule has 6 nitrogen and oxygen atoms in total. The van der Waals surface area contributed by atoms with Gasteiger partial charge in [-0.2, -0.15) is 0 Å². The number of benzene rings is 2. The van der Waals surface area contributed by atoms with Gasteiger partial charge in [0.2, 0.25) is 5.95 Å². The van der Waals surface area contributed by atoms with Crippen LogP contribution in [0.4, 0.5) is 5.95 Å². The molecule has 3 aromatic rings. The van der Waals surface area contributed by atoms with Gasteiger partial charge in [0.05, 0.1) is 5.56 Å². The van der Waals surface area contributed by atoms with E-state index in [1.807, 2.05) is 0 Å². The van der Waals surface area contributed by atoms with Crippen LogP contribution < -0.4 is 4.90 Å². The van der Waals surface area contributed by atoms with Gasteiger partial charge < -0.3 is 10.0 Å². The molecule has 1 fully saturated rings. The van der Waals surface area contributed by atoms with E-state index in [4.69, 9.17) is 5.11 Å². The summed E-state index contributed by atoms with van der Waals surface area (Å²) >= 11 is 0. The summed E-state index contributed by atoms with van der Waals surface area (Å²) in [7, 11) is 0. The summed E-state index contributed by atoms with van der Waals surface area (Å²) in [5.74, 6) is -0.406. The Labute approximate surface area is 151 Å². The number of carboxylic acid groups (broad SMARTS) is 1. The third-order valence-electron chi connectivity index (χ3n) is 4.81. The average molecular weight is 348 g/mol. The maximum atomic E-state index is 10.9. The molecule has 26 heavy (non-hydrogen) atoms. The highest BCUT2D eigenvalue weighted by Gasteiger charge is 2.20. The number of aromatic nitrogens is 2. The molecule has 1 N–H and O–H groups in total. The topological polar surface area (TPSA) is 69.6 Å². The molecule has 0 amide bonds. The van der Waals surface area contributed by atoms with Gasteiger partial charge in [0.25, 0.3) is 0 Å². The van der Waals surface area contributed by atoms with Crippen molar-refractivity contribution in [2.45, 2.75) is 6.54 Å². The van der Waals surface area contributed by atoms with Crippen molar-refractivity contribution in [3.05, 3.63) is 66.0 Å². The summed E-state index contributed by atoms with van der Waals surface area (Å²) in [5, 5.41) is 11.5. The van der Waals surface area contributed by atoms with Crippen molar-refractivity contribution in [1.82, 2.24) is 14.9 Å². The van der Waals surface area contributed by atoms with Crippen LogP contribution in [-0.2, 0) is 6.54 Å². The molecule has 0 spiro atoms. The fourth-order valence-corrected chi connectivity index (χ4v) is 3.37. The highest BCUT2D eigenvalue weighted by molar-refractivity contribution is 5.87. The van der Waals surface area contributed by atoms with Gasteiger partial charge in [-0.15, -0.1) is 0 Å². The molecule has 1 aliphatic rings. The van der Waals surface area contributed by atoms with E-state index in [0.717, 1.165) is 32.7 Å². The molecule has 0 atom stereocenters. The van der Waals surface area contributed by atoms with Crippen LogP contribution in [0, 0.1) is 0 Å². The van der Waals surface area contributed by atoms with Crippen LogP contribution in [-0.4, -0.2) is 52.1 Å². The second-order valence-electron chi connectivity index (χ2n) is 6.48. The molecule has 0 aliphatic carbocycles. The number of hydrogen-bond donors (Lipinski definition) is 1. The van der Waals surface area contributed by atoms with Gasteiger partial charge in [-0.1, -0.05) is 42.5 Å². The third kappa shape index (κ3) is 3.36. The second-order valence-corrected chi connectivity index (χ2v) is 6.48. The maximum absolute atomic E-state index is 10.9. The molecule has 0 unspecified atom stereocenters. The molecule has 0 bridgehead atoms. The summed E-state index contributed by atoms with van der Waals surface area (Å²) in [4.78, 5) is 23.8. The minimum Gasteiger partial charge on any atom is -0.478 e. The van der Waals surface area contributed by atoms with Crippen LogP contribution in [0.1, 0.15) is 15.9 Å². The lowest BCUT2D eigenvalue weighted by atomic mass is 10.0. The van der Waals surface area contributed by atoms with Crippen molar-refractivity contribution in [3.63, 3.8) is 0 Å². The monoisotopic (exact) mass is 348 g/mol. The minimum atomic E-state index is -1.00. The first kappa shape index (κ1) is 16.5. The fraction of sp³-hybridized carbons (Fsp3) is 0.250. The van der Waals surface area contributed by atoms with Crippen molar-refractivity contribution in [2.24, 2.45) is 0 Å². The van der Waals surface area contributed by atoms with Gasteiger partial charge in [-0.3, -0.25) is 4.90 Å². The van der Waals surface area contributed by atoms with Crippen molar-refractivity contribution < 1.29 is 9.90 Å². The van der Waals surface area contributed by atoms with Crippen molar-refractivity contribution in [3.8, 4) is 0 Å². The molecule has 132 valence electrons. The van der Waals surface area contributed by atoms with Crippen molar-refractivity contribution in [1.29, 1.82) is 0 Å². The summed E-state index contributed by atoms with van der Waals surface area (Å²) in [5.41, 5.74) is 1.46. The molecule has 0 radical (unpaired) electrons. The predicted octanol–water partition coefficient (Wildman–Crippen LogP) is 2.65. The van der Waals surface area contributed by atoms with E-state index in [0.29, 0.717) is 5.95 Å². The average Bonchev–Trinajstić information content (AvgIpc) is 2.69. The summed E-state index contributed by atoms with van der Waals surface area (Å²) < 4.78 is 0. The molecule has 2 aromatic carbocycles. The highest BCUT2D eigenvalue weighted by Crippen LogP contribution is 2.21. The van der Waals surface area contributed by atoms with E-state index < -0.39 is 5.97 Å². The largest absolute Gasteiger partial charge is 0.478 e. The number of carboxylic acids is 1. The van der Waals surface area contributed by atoms with Crippen molar-refractivity contribution >= 4 is 22.7 Å². The second kappa shape index (κ2) is 7.09. The SMILES string of the molecule is O=C(O)c1cnc(N2CCN(Cc3cccc4ccccc34)CC2)nc1. The van der Waals surface area contributed by atoms with Gasteiger partial charge >= 0.3 is 5.97 Å². The summed E-state index contributed by atoms with van der Waals surface area (Å²) in [6.45, 7) is 4.43. The third-order valence-corrected chi connectivity index (χ3v) is 4.81. The molecule has 1 aromatic heterocycles. The van der Waals surface area contributed by atoms with Crippen LogP contribution in [0.2, 0.25) is 0 Å². The number of piperazine rings is 1. The molecule has 1 saturated heterocycles. The predicted molar refractivity (Wildman–Crippen MR) is 100 cm³/mol. The van der Waals surface area contributed by atoms with E-state index in [-0.39, 0.29) is 5.56 Å². The van der Waals surface area contributed by atoms with Crippen LogP contribution >= 0.6 is 0 Å². The maximum Gasteiger partial charge on any atom is 0.338 e. The van der Waals surface area contributed by atoms with Gasteiger partial charge in [-0.25, -0.2) is 14.8 Å². The smallest absolute Gasteiger partial charge is 0.338 e. The lowest BCUT2D eigenvalue weighted by Gasteiger charge is -2.34. The number of anilines is 1.